The number of nitrogens with one attached hydrogen (secondary N) is 1. The topological polar surface area (TPSA) is 49.3 Å². The lowest BCUT2D eigenvalue weighted by Crippen LogP contribution is -2.05. The molecule has 0 saturated heterocycles. The number of hydrogen-bond acceptors (Lipinski definition) is 2. The van der Waals surface area contributed by atoms with Gasteiger partial charge in [-0.25, -0.2) is 13.6 Å². The summed E-state index contributed by atoms with van der Waals surface area (Å²) in [5.41, 5.74) is 0.646. The number of benzene rings is 2. The SMILES string of the molecule is O=C(O)c1ccc(NCc2cccc(F)c2)c(F)c1Br. The van der Waals surface area contributed by atoms with E-state index in [9.17, 15) is 13.6 Å². The van der Waals surface area contributed by atoms with Gasteiger partial charge in [0.15, 0.2) is 5.82 Å². The zero-order chi connectivity index (χ0) is 14.7. The summed E-state index contributed by atoms with van der Waals surface area (Å²) in [5.74, 6) is -2.28. The fraction of sp³-hybridized carbons (Fsp3) is 0.0714. The molecule has 0 radical (unpaired) electrons. The molecular formula is C14H10BrF2NO2. The molecular weight excluding hydrogens is 332 g/mol. The number of carboxylic acids is 1. The quantitative estimate of drug-likeness (QED) is 0.882. The maximum absolute atomic E-state index is 14.0. The highest BCUT2D eigenvalue weighted by atomic mass is 79.9. The Bertz CT molecular complexity index is 662. The van der Waals surface area contributed by atoms with Gasteiger partial charge in [0, 0.05) is 6.54 Å². The van der Waals surface area contributed by atoms with Crippen LogP contribution in [0.15, 0.2) is 40.9 Å². The van der Waals surface area contributed by atoms with Crippen LogP contribution in [0.1, 0.15) is 15.9 Å². The molecule has 20 heavy (non-hydrogen) atoms. The minimum absolute atomic E-state index is 0.116. The summed E-state index contributed by atoms with van der Waals surface area (Å²) in [6.07, 6.45) is 0. The van der Waals surface area contributed by atoms with Crippen LogP contribution in [0.3, 0.4) is 0 Å². The Morgan fingerprint density at radius 1 is 1.25 bits per heavy atom. The zero-order valence-electron chi connectivity index (χ0n) is 10.2. The van der Waals surface area contributed by atoms with Gasteiger partial charge in [0.25, 0.3) is 0 Å². The van der Waals surface area contributed by atoms with E-state index in [0.717, 1.165) is 0 Å². The van der Waals surface area contributed by atoms with E-state index in [2.05, 4.69) is 21.2 Å². The van der Waals surface area contributed by atoms with E-state index in [1.54, 1.807) is 12.1 Å². The molecule has 3 nitrogen and oxygen atoms in total. The van der Waals surface area contributed by atoms with Gasteiger partial charge in [-0.05, 0) is 45.8 Å². The van der Waals surface area contributed by atoms with E-state index < -0.39 is 11.8 Å². The smallest absolute Gasteiger partial charge is 0.336 e. The van der Waals surface area contributed by atoms with Gasteiger partial charge >= 0.3 is 5.97 Å². The third-order valence-corrected chi connectivity index (χ3v) is 3.46. The van der Waals surface area contributed by atoms with Crippen LogP contribution in [0.5, 0.6) is 0 Å². The maximum atomic E-state index is 14.0. The molecule has 6 heteroatoms. The van der Waals surface area contributed by atoms with Crippen molar-refractivity contribution in [3.05, 3.63) is 63.6 Å². The highest BCUT2D eigenvalue weighted by Crippen LogP contribution is 2.27. The van der Waals surface area contributed by atoms with Gasteiger partial charge in [-0.15, -0.1) is 0 Å². The summed E-state index contributed by atoms with van der Waals surface area (Å²) in [6, 6.07) is 8.56. The van der Waals surface area contributed by atoms with E-state index >= 15 is 0 Å². The first-order valence-electron chi connectivity index (χ1n) is 5.68. The van der Waals surface area contributed by atoms with Gasteiger partial charge in [-0.3, -0.25) is 0 Å². The van der Waals surface area contributed by atoms with Crippen LogP contribution in [-0.2, 0) is 6.54 Å². The first-order valence-corrected chi connectivity index (χ1v) is 6.48. The van der Waals surface area contributed by atoms with Crippen molar-refractivity contribution in [2.45, 2.75) is 6.54 Å². The van der Waals surface area contributed by atoms with Crippen molar-refractivity contribution in [2.75, 3.05) is 5.32 Å². The molecule has 0 aromatic heterocycles. The molecule has 2 aromatic rings. The number of carboxylic acid groups (broad SMARTS) is 1. The molecule has 0 fully saturated rings. The van der Waals surface area contributed by atoms with E-state index in [-0.39, 0.29) is 28.1 Å². The lowest BCUT2D eigenvalue weighted by molar-refractivity contribution is 0.0695. The molecule has 0 unspecified atom stereocenters. The van der Waals surface area contributed by atoms with Crippen LogP contribution >= 0.6 is 15.9 Å². The molecule has 0 amide bonds. The van der Waals surface area contributed by atoms with Crippen LogP contribution in [-0.4, -0.2) is 11.1 Å². The molecule has 104 valence electrons. The molecule has 2 N–H and O–H groups in total. The maximum Gasteiger partial charge on any atom is 0.336 e. The predicted molar refractivity (Wildman–Crippen MR) is 74.8 cm³/mol. The van der Waals surface area contributed by atoms with Gasteiger partial charge in [0.05, 0.1) is 15.7 Å². The second-order valence-electron chi connectivity index (χ2n) is 4.08. The molecule has 0 spiro atoms. The van der Waals surface area contributed by atoms with Gasteiger partial charge in [-0.1, -0.05) is 12.1 Å². The monoisotopic (exact) mass is 341 g/mol. The molecule has 0 aliphatic rings. The highest BCUT2D eigenvalue weighted by molar-refractivity contribution is 9.10. The van der Waals surface area contributed by atoms with Gasteiger partial charge in [-0.2, -0.15) is 0 Å². The zero-order valence-corrected chi connectivity index (χ0v) is 11.7. The van der Waals surface area contributed by atoms with Gasteiger partial charge in [0.2, 0.25) is 0 Å². The summed E-state index contributed by atoms with van der Waals surface area (Å²) in [6.45, 7) is 0.230. The molecule has 2 aromatic carbocycles. The summed E-state index contributed by atoms with van der Waals surface area (Å²) in [7, 11) is 0. The van der Waals surface area contributed by atoms with Gasteiger partial charge < -0.3 is 10.4 Å². The van der Waals surface area contributed by atoms with Crippen molar-refractivity contribution in [1.29, 1.82) is 0 Å². The van der Waals surface area contributed by atoms with Crippen LogP contribution in [0.25, 0.3) is 0 Å². The fourth-order valence-electron chi connectivity index (χ4n) is 1.70. The van der Waals surface area contributed by atoms with Crippen LogP contribution in [0.4, 0.5) is 14.5 Å². The summed E-state index contributed by atoms with van der Waals surface area (Å²) < 4.78 is 26.8. The fourth-order valence-corrected chi connectivity index (χ4v) is 2.21. The molecule has 0 saturated carbocycles. The Morgan fingerprint density at radius 2 is 2.00 bits per heavy atom. The standard InChI is InChI=1S/C14H10BrF2NO2/c15-12-10(14(19)20)4-5-11(13(12)17)18-7-8-2-1-3-9(16)6-8/h1-6,18H,7H2,(H,19,20). The Hall–Kier alpha value is -1.95. The lowest BCUT2D eigenvalue weighted by Gasteiger charge is -2.10. The third-order valence-electron chi connectivity index (χ3n) is 2.68. The molecule has 0 atom stereocenters. The third kappa shape index (κ3) is 3.14. The van der Waals surface area contributed by atoms with Gasteiger partial charge in [0.1, 0.15) is 5.82 Å². The molecule has 0 aliphatic carbocycles. The molecule has 0 heterocycles. The van der Waals surface area contributed by atoms with E-state index in [1.807, 2.05) is 0 Å². The summed E-state index contributed by atoms with van der Waals surface area (Å²) in [4.78, 5) is 10.8. The van der Waals surface area contributed by atoms with E-state index in [4.69, 9.17) is 5.11 Å². The normalized spacial score (nSPS) is 10.3. The minimum atomic E-state index is -1.22. The molecule has 0 bridgehead atoms. The Balaban J connectivity index is 2.18. The lowest BCUT2D eigenvalue weighted by atomic mass is 10.2. The van der Waals surface area contributed by atoms with Crippen molar-refractivity contribution >= 4 is 27.6 Å². The van der Waals surface area contributed by atoms with Crippen molar-refractivity contribution in [3.8, 4) is 0 Å². The van der Waals surface area contributed by atoms with Crippen LogP contribution in [0.2, 0.25) is 0 Å². The minimum Gasteiger partial charge on any atom is -0.478 e. The van der Waals surface area contributed by atoms with Crippen LogP contribution < -0.4 is 5.32 Å². The second-order valence-corrected chi connectivity index (χ2v) is 4.87. The average Bonchev–Trinajstić information content (AvgIpc) is 2.40. The molecule has 2 rings (SSSR count). The van der Waals surface area contributed by atoms with Crippen molar-refractivity contribution in [1.82, 2.24) is 0 Å². The first-order chi connectivity index (χ1) is 9.49. The van der Waals surface area contributed by atoms with E-state index in [1.165, 1.54) is 24.3 Å². The van der Waals surface area contributed by atoms with E-state index in [0.29, 0.717) is 5.56 Å². The number of rotatable bonds is 4. The van der Waals surface area contributed by atoms with Crippen LogP contribution in [0, 0.1) is 11.6 Å². The Morgan fingerprint density at radius 3 is 2.65 bits per heavy atom. The molecule has 0 aliphatic heterocycles. The van der Waals surface area contributed by atoms with Crippen molar-refractivity contribution in [3.63, 3.8) is 0 Å². The number of hydrogen-bond donors (Lipinski definition) is 2. The predicted octanol–water partition coefficient (Wildman–Crippen LogP) is 4.04. The number of aromatic carboxylic acids is 1. The highest BCUT2D eigenvalue weighted by Gasteiger charge is 2.15. The number of anilines is 1. The Labute approximate surface area is 122 Å². The largest absolute Gasteiger partial charge is 0.478 e. The van der Waals surface area contributed by atoms with Crippen molar-refractivity contribution < 1.29 is 18.7 Å². The van der Waals surface area contributed by atoms with Crippen molar-refractivity contribution in [2.24, 2.45) is 0 Å². The average molecular weight is 342 g/mol. The number of halogens is 3. The summed E-state index contributed by atoms with van der Waals surface area (Å²) in [5, 5.41) is 11.7. The number of carbonyl (C=O) groups is 1. The Kier molecular flexibility index (Phi) is 4.34. The first kappa shape index (κ1) is 14.5. The second kappa shape index (κ2) is 6.00. The summed E-state index contributed by atoms with van der Waals surface area (Å²) >= 11 is 2.91.